The van der Waals surface area contributed by atoms with E-state index in [-0.39, 0.29) is 0 Å². The molecule has 0 aliphatic heterocycles. The van der Waals surface area contributed by atoms with Gasteiger partial charge in [-0.3, -0.25) is 0 Å². The highest BCUT2D eigenvalue weighted by atomic mass is 32.2. The fourth-order valence-electron chi connectivity index (χ4n) is 2.63. The molecule has 0 spiro atoms. The summed E-state index contributed by atoms with van der Waals surface area (Å²) in [6, 6.07) is 7.60. The van der Waals surface area contributed by atoms with Crippen molar-refractivity contribution in [2.45, 2.75) is 43.5 Å². The van der Waals surface area contributed by atoms with Crippen LogP contribution in [-0.4, -0.2) is 20.7 Å². The van der Waals surface area contributed by atoms with Gasteiger partial charge in [0.2, 0.25) is 0 Å². The van der Waals surface area contributed by atoms with Crippen molar-refractivity contribution in [3.63, 3.8) is 0 Å². The summed E-state index contributed by atoms with van der Waals surface area (Å²) < 4.78 is 23.0. The highest BCUT2D eigenvalue weighted by molar-refractivity contribution is 7.90. The maximum Gasteiger partial charge on any atom is 0.175 e. The summed E-state index contributed by atoms with van der Waals surface area (Å²) in [5.74, 6) is 0.820. The lowest BCUT2D eigenvalue weighted by Gasteiger charge is -2.15. The van der Waals surface area contributed by atoms with Gasteiger partial charge in [-0.15, -0.1) is 0 Å². The van der Waals surface area contributed by atoms with Gasteiger partial charge in [0.15, 0.2) is 9.84 Å². The van der Waals surface area contributed by atoms with Crippen molar-refractivity contribution >= 4 is 15.5 Å². The van der Waals surface area contributed by atoms with Crippen LogP contribution in [0.1, 0.15) is 32.6 Å². The molecular weight excluding hydrogens is 246 g/mol. The first kappa shape index (κ1) is 13.4. The fraction of sp³-hybridized carbons (Fsp3) is 0.571. The van der Waals surface area contributed by atoms with Gasteiger partial charge in [-0.1, -0.05) is 19.4 Å². The molecule has 1 aromatic carbocycles. The van der Waals surface area contributed by atoms with Gasteiger partial charge in [0.1, 0.15) is 0 Å². The molecule has 0 saturated heterocycles. The molecule has 1 aliphatic carbocycles. The molecular formula is C14H21NO2S. The number of nitrogens with one attached hydrogen (secondary N) is 1. The molecule has 0 amide bonds. The van der Waals surface area contributed by atoms with Crippen LogP contribution in [0.2, 0.25) is 0 Å². The van der Waals surface area contributed by atoms with Crippen LogP contribution < -0.4 is 5.32 Å². The van der Waals surface area contributed by atoms with Crippen LogP contribution in [0.5, 0.6) is 0 Å². The van der Waals surface area contributed by atoms with Crippen LogP contribution in [-0.2, 0) is 9.84 Å². The van der Waals surface area contributed by atoms with E-state index >= 15 is 0 Å². The molecule has 0 radical (unpaired) electrons. The lowest BCUT2D eigenvalue weighted by atomic mass is 10.1. The maximum atomic E-state index is 11.5. The van der Waals surface area contributed by atoms with Gasteiger partial charge in [-0.2, -0.15) is 0 Å². The Balaban J connectivity index is 2.07. The van der Waals surface area contributed by atoms with Crippen LogP contribution in [0.15, 0.2) is 29.2 Å². The second-order valence-corrected chi connectivity index (χ2v) is 7.24. The van der Waals surface area contributed by atoms with E-state index in [2.05, 4.69) is 12.2 Å². The van der Waals surface area contributed by atoms with Crippen molar-refractivity contribution < 1.29 is 8.42 Å². The molecule has 1 saturated carbocycles. The van der Waals surface area contributed by atoms with Crippen molar-refractivity contribution in [3.8, 4) is 0 Å². The molecule has 1 aromatic rings. The number of hydrogen-bond donors (Lipinski definition) is 1. The Labute approximate surface area is 110 Å². The lowest BCUT2D eigenvalue weighted by molar-refractivity contribution is 0.525. The molecule has 2 rings (SSSR count). The highest BCUT2D eigenvalue weighted by Crippen LogP contribution is 2.30. The standard InChI is InChI=1S/C14H21NO2S/c1-3-11-7-8-13(9-11)15-12-5-4-6-14(10-12)18(2,16)17/h4-6,10-11,13,15H,3,7-9H2,1-2H3. The molecule has 0 bridgehead atoms. The SMILES string of the molecule is CCC1CCC(Nc2cccc(S(C)(=O)=O)c2)C1. The molecule has 100 valence electrons. The highest BCUT2D eigenvalue weighted by Gasteiger charge is 2.23. The average molecular weight is 267 g/mol. The molecule has 4 heteroatoms. The normalized spacial score (nSPS) is 24.1. The molecule has 1 fully saturated rings. The third-order valence-electron chi connectivity index (χ3n) is 3.75. The summed E-state index contributed by atoms with van der Waals surface area (Å²) >= 11 is 0. The van der Waals surface area contributed by atoms with Crippen LogP contribution in [0.3, 0.4) is 0 Å². The summed E-state index contributed by atoms with van der Waals surface area (Å²) in [5.41, 5.74) is 0.916. The summed E-state index contributed by atoms with van der Waals surface area (Å²) in [5, 5.41) is 3.45. The molecule has 3 nitrogen and oxygen atoms in total. The quantitative estimate of drug-likeness (QED) is 0.912. The number of anilines is 1. The van der Waals surface area contributed by atoms with Crippen LogP contribution in [0.25, 0.3) is 0 Å². The van der Waals surface area contributed by atoms with Crippen molar-refractivity contribution in [2.75, 3.05) is 11.6 Å². The average Bonchev–Trinajstić information content (AvgIpc) is 2.76. The zero-order valence-corrected chi connectivity index (χ0v) is 11.8. The van der Waals surface area contributed by atoms with E-state index in [1.807, 2.05) is 6.07 Å². The Morgan fingerprint density at radius 1 is 1.33 bits per heavy atom. The Hall–Kier alpha value is -1.03. The zero-order chi connectivity index (χ0) is 13.2. The van der Waals surface area contributed by atoms with E-state index in [1.165, 1.54) is 31.9 Å². The summed E-state index contributed by atoms with van der Waals surface area (Å²) in [6.45, 7) is 2.23. The molecule has 18 heavy (non-hydrogen) atoms. The van der Waals surface area contributed by atoms with Gasteiger partial charge in [0.05, 0.1) is 4.90 Å². The third kappa shape index (κ3) is 3.25. The number of hydrogen-bond acceptors (Lipinski definition) is 3. The first-order valence-electron chi connectivity index (χ1n) is 6.55. The van der Waals surface area contributed by atoms with Gasteiger partial charge < -0.3 is 5.32 Å². The first-order chi connectivity index (χ1) is 8.49. The molecule has 2 atom stereocenters. The Morgan fingerprint density at radius 3 is 2.72 bits per heavy atom. The smallest absolute Gasteiger partial charge is 0.175 e. The first-order valence-corrected chi connectivity index (χ1v) is 8.45. The minimum atomic E-state index is -3.11. The van der Waals surface area contributed by atoms with Gasteiger partial charge >= 0.3 is 0 Å². The number of benzene rings is 1. The molecule has 1 N–H and O–H groups in total. The summed E-state index contributed by atoms with van der Waals surface area (Å²) in [4.78, 5) is 0.387. The summed E-state index contributed by atoms with van der Waals surface area (Å²) in [7, 11) is -3.11. The van der Waals surface area contributed by atoms with Gasteiger partial charge in [-0.25, -0.2) is 8.42 Å². The third-order valence-corrected chi connectivity index (χ3v) is 4.86. The van der Waals surface area contributed by atoms with E-state index in [0.717, 1.165) is 11.6 Å². The van der Waals surface area contributed by atoms with E-state index in [4.69, 9.17) is 0 Å². The van der Waals surface area contributed by atoms with Crippen molar-refractivity contribution in [3.05, 3.63) is 24.3 Å². The summed E-state index contributed by atoms with van der Waals surface area (Å²) in [6.07, 6.45) is 6.14. The molecule has 0 aromatic heterocycles. The second-order valence-electron chi connectivity index (χ2n) is 5.23. The topological polar surface area (TPSA) is 46.2 Å². The van der Waals surface area contributed by atoms with Gasteiger partial charge in [0.25, 0.3) is 0 Å². The van der Waals surface area contributed by atoms with Crippen LogP contribution in [0.4, 0.5) is 5.69 Å². The predicted octanol–water partition coefficient (Wildman–Crippen LogP) is 3.08. The number of rotatable bonds is 4. The minimum absolute atomic E-state index is 0.387. The van der Waals surface area contributed by atoms with E-state index in [0.29, 0.717) is 10.9 Å². The Bertz CT molecular complexity index is 510. The zero-order valence-electron chi connectivity index (χ0n) is 11.0. The largest absolute Gasteiger partial charge is 0.382 e. The van der Waals surface area contributed by atoms with E-state index in [9.17, 15) is 8.42 Å². The van der Waals surface area contributed by atoms with Crippen molar-refractivity contribution in [1.82, 2.24) is 0 Å². The maximum absolute atomic E-state index is 11.5. The predicted molar refractivity (Wildman–Crippen MR) is 74.6 cm³/mol. The van der Waals surface area contributed by atoms with Crippen molar-refractivity contribution in [1.29, 1.82) is 0 Å². The lowest BCUT2D eigenvalue weighted by Crippen LogP contribution is -2.15. The van der Waals surface area contributed by atoms with Crippen LogP contribution in [0, 0.1) is 5.92 Å². The molecule has 0 heterocycles. The molecule has 2 unspecified atom stereocenters. The number of sulfone groups is 1. The fourth-order valence-corrected chi connectivity index (χ4v) is 3.30. The van der Waals surface area contributed by atoms with E-state index in [1.54, 1.807) is 18.2 Å². The monoisotopic (exact) mass is 267 g/mol. The van der Waals surface area contributed by atoms with Gasteiger partial charge in [0, 0.05) is 18.0 Å². The van der Waals surface area contributed by atoms with Gasteiger partial charge in [-0.05, 0) is 43.4 Å². The minimum Gasteiger partial charge on any atom is -0.382 e. The van der Waals surface area contributed by atoms with Crippen LogP contribution >= 0.6 is 0 Å². The second kappa shape index (κ2) is 5.31. The van der Waals surface area contributed by atoms with E-state index < -0.39 is 9.84 Å². The Morgan fingerprint density at radius 2 is 2.11 bits per heavy atom. The molecule has 1 aliphatic rings. The van der Waals surface area contributed by atoms with Crippen molar-refractivity contribution in [2.24, 2.45) is 5.92 Å². The Kier molecular flexibility index (Phi) is 3.95.